The van der Waals surface area contributed by atoms with Crippen molar-refractivity contribution in [3.63, 3.8) is 0 Å². The summed E-state index contributed by atoms with van der Waals surface area (Å²) in [4.78, 5) is 0. The van der Waals surface area contributed by atoms with Crippen LogP contribution < -0.4 is 10.0 Å². The van der Waals surface area contributed by atoms with Crippen molar-refractivity contribution in [2.24, 2.45) is 0 Å². The average Bonchev–Trinajstić information content (AvgIpc) is 2.85. The van der Waals surface area contributed by atoms with Crippen LogP contribution in [0.5, 0.6) is 0 Å². The highest BCUT2D eigenvalue weighted by molar-refractivity contribution is 7.89. The van der Waals surface area contributed by atoms with E-state index in [1.54, 1.807) is 13.2 Å². The van der Waals surface area contributed by atoms with Crippen LogP contribution in [0, 0.1) is 0 Å². The SMILES string of the molecule is CCNCc1ccc(S(=O)(=O)NCCCCOC)o1. The van der Waals surface area contributed by atoms with E-state index in [1.165, 1.54) is 6.07 Å². The number of rotatable bonds is 10. The lowest BCUT2D eigenvalue weighted by Crippen LogP contribution is -2.24. The highest BCUT2D eigenvalue weighted by Crippen LogP contribution is 2.13. The predicted octanol–water partition coefficient (Wildman–Crippen LogP) is 1.09. The zero-order valence-corrected chi connectivity index (χ0v) is 12.3. The molecule has 0 fully saturated rings. The third-order valence-corrected chi connectivity index (χ3v) is 3.85. The molecule has 2 N–H and O–H groups in total. The molecule has 0 amide bonds. The number of ether oxygens (including phenoxy) is 1. The van der Waals surface area contributed by atoms with Crippen molar-refractivity contribution in [2.75, 3.05) is 26.8 Å². The molecule has 110 valence electrons. The van der Waals surface area contributed by atoms with E-state index in [0.717, 1.165) is 19.4 Å². The summed E-state index contributed by atoms with van der Waals surface area (Å²) in [7, 11) is -1.91. The first-order chi connectivity index (χ1) is 9.10. The Labute approximate surface area is 114 Å². The van der Waals surface area contributed by atoms with Crippen LogP contribution in [-0.4, -0.2) is 35.2 Å². The molecule has 6 nitrogen and oxygen atoms in total. The van der Waals surface area contributed by atoms with Gasteiger partial charge in [-0.05, 0) is 31.5 Å². The van der Waals surface area contributed by atoms with Gasteiger partial charge in [0.2, 0.25) is 5.09 Å². The maximum Gasteiger partial charge on any atom is 0.273 e. The van der Waals surface area contributed by atoms with Gasteiger partial charge in [-0.3, -0.25) is 0 Å². The van der Waals surface area contributed by atoms with Crippen LogP contribution in [0.4, 0.5) is 0 Å². The Bertz CT molecular complexity index is 456. The highest BCUT2D eigenvalue weighted by atomic mass is 32.2. The Morgan fingerprint density at radius 1 is 1.32 bits per heavy atom. The van der Waals surface area contributed by atoms with E-state index < -0.39 is 10.0 Å². The normalized spacial score (nSPS) is 11.9. The fraction of sp³-hybridized carbons (Fsp3) is 0.667. The molecule has 0 aliphatic heterocycles. The van der Waals surface area contributed by atoms with E-state index >= 15 is 0 Å². The first-order valence-electron chi connectivity index (χ1n) is 6.38. The Morgan fingerprint density at radius 2 is 2.11 bits per heavy atom. The van der Waals surface area contributed by atoms with Crippen molar-refractivity contribution in [1.82, 2.24) is 10.0 Å². The molecule has 0 aliphatic rings. The third kappa shape index (κ3) is 5.73. The molecule has 0 saturated heterocycles. The summed E-state index contributed by atoms with van der Waals surface area (Å²) >= 11 is 0. The molecule has 0 spiro atoms. The zero-order valence-electron chi connectivity index (χ0n) is 11.4. The maximum absolute atomic E-state index is 11.9. The fourth-order valence-electron chi connectivity index (χ4n) is 1.49. The lowest BCUT2D eigenvalue weighted by atomic mass is 10.3. The Hall–Kier alpha value is -0.890. The second-order valence-electron chi connectivity index (χ2n) is 4.10. The molecule has 1 heterocycles. The van der Waals surface area contributed by atoms with Gasteiger partial charge >= 0.3 is 0 Å². The molecule has 0 radical (unpaired) electrons. The predicted molar refractivity (Wildman–Crippen MR) is 72.4 cm³/mol. The smallest absolute Gasteiger partial charge is 0.273 e. The summed E-state index contributed by atoms with van der Waals surface area (Å²) in [5, 5.41) is 3.04. The number of methoxy groups -OCH3 is 1. The van der Waals surface area contributed by atoms with Gasteiger partial charge in [0, 0.05) is 20.3 Å². The van der Waals surface area contributed by atoms with Crippen LogP contribution in [-0.2, 0) is 21.3 Å². The molecule has 0 unspecified atom stereocenters. The molecule has 0 atom stereocenters. The van der Waals surface area contributed by atoms with Gasteiger partial charge in [0.05, 0.1) is 6.54 Å². The van der Waals surface area contributed by atoms with E-state index in [9.17, 15) is 8.42 Å². The van der Waals surface area contributed by atoms with Crippen molar-refractivity contribution < 1.29 is 17.6 Å². The number of unbranched alkanes of at least 4 members (excludes halogenated alkanes) is 1. The summed E-state index contributed by atoms with van der Waals surface area (Å²) < 4.78 is 36.5. The quantitative estimate of drug-likeness (QED) is 0.631. The summed E-state index contributed by atoms with van der Waals surface area (Å²) in [6.07, 6.45) is 1.56. The van der Waals surface area contributed by atoms with E-state index in [1.807, 2.05) is 6.92 Å². The third-order valence-electron chi connectivity index (χ3n) is 2.52. The first kappa shape index (κ1) is 16.2. The van der Waals surface area contributed by atoms with Crippen LogP contribution in [0.25, 0.3) is 0 Å². The Kier molecular flexibility index (Phi) is 7.07. The van der Waals surface area contributed by atoms with E-state index in [-0.39, 0.29) is 5.09 Å². The molecule has 0 saturated carbocycles. The molecule has 1 aromatic heterocycles. The molecule has 19 heavy (non-hydrogen) atoms. The van der Waals surface area contributed by atoms with Crippen LogP contribution in [0.3, 0.4) is 0 Å². The second kappa shape index (κ2) is 8.31. The summed E-state index contributed by atoms with van der Waals surface area (Å²) in [5.41, 5.74) is 0. The van der Waals surface area contributed by atoms with Crippen molar-refractivity contribution in [2.45, 2.75) is 31.4 Å². The minimum absolute atomic E-state index is 0.0351. The van der Waals surface area contributed by atoms with Gasteiger partial charge < -0.3 is 14.5 Å². The highest BCUT2D eigenvalue weighted by Gasteiger charge is 2.17. The van der Waals surface area contributed by atoms with Crippen molar-refractivity contribution in [1.29, 1.82) is 0 Å². The molecule has 0 aromatic carbocycles. The number of furan rings is 1. The monoisotopic (exact) mass is 290 g/mol. The average molecular weight is 290 g/mol. The molecular weight excluding hydrogens is 268 g/mol. The van der Waals surface area contributed by atoms with Crippen molar-refractivity contribution >= 4 is 10.0 Å². The molecule has 7 heteroatoms. The number of sulfonamides is 1. The summed E-state index contributed by atoms with van der Waals surface area (Å²) in [6, 6.07) is 3.15. The molecule has 1 rings (SSSR count). The lowest BCUT2D eigenvalue weighted by Gasteiger charge is -2.04. The van der Waals surface area contributed by atoms with Gasteiger partial charge in [-0.2, -0.15) is 0 Å². The maximum atomic E-state index is 11.9. The minimum atomic E-state index is -3.54. The van der Waals surface area contributed by atoms with Gasteiger partial charge in [0.25, 0.3) is 10.0 Å². The van der Waals surface area contributed by atoms with Gasteiger partial charge in [-0.1, -0.05) is 6.92 Å². The Balaban J connectivity index is 2.45. The zero-order chi connectivity index (χ0) is 14.1. The van der Waals surface area contributed by atoms with E-state index in [2.05, 4.69) is 10.0 Å². The number of hydrogen-bond acceptors (Lipinski definition) is 5. The van der Waals surface area contributed by atoms with Crippen molar-refractivity contribution in [3.05, 3.63) is 17.9 Å². The molecule has 0 bridgehead atoms. The summed E-state index contributed by atoms with van der Waals surface area (Å²) in [6.45, 7) is 4.33. The van der Waals surface area contributed by atoms with E-state index in [4.69, 9.17) is 9.15 Å². The van der Waals surface area contributed by atoms with Crippen LogP contribution in [0.15, 0.2) is 21.6 Å². The Morgan fingerprint density at radius 3 is 2.79 bits per heavy atom. The summed E-state index contributed by atoms with van der Waals surface area (Å²) in [5.74, 6) is 0.613. The number of nitrogens with one attached hydrogen (secondary N) is 2. The molecular formula is C12H22N2O4S. The molecule has 0 aliphatic carbocycles. The van der Waals surface area contributed by atoms with E-state index in [0.29, 0.717) is 25.5 Å². The van der Waals surface area contributed by atoms with Crippen LogP contribution in [0.1, 0.15) is 25.5 Å². The fourth-order valence-corrected chi connectivity index (χ4v) is 2.51. The molecule has 1 aromatic rings. The van der Waals surface area contributed by atoms with Gasteiger partial charge in [0.1, 0.15) is 5.76 Å². The largest absolute Gasteiger partial charge is 0.447 e. The van der Waals surface area contributed by atoms with Crippen molar-refractivity contribution in [3.8, 4) is 0 Å². The lowest BCUT2D eigenvalue weighted by molar-refractivity contribution is 0.193. The number of hydrogen-bond donors (Lipinski definition) is 2. The van der Waals surface area contributed by atoms with Crippen LogP contribution >= 0.6 is 0 Å². The second-order valence-corrected chi connectivity index (χ2v) is 5.80. The minimum Gasteiger partial charge on any atom is -0.447 e. The van der Waals surface area contributed by atoms with Crippen LogP contribution in [0.2, 0.25) is 0 Å². The topological polar surface area (TPSA) is 80.6 Å². The standard InChI is InChI=1S/C12H22N2O4S/c1-3-13-10-11-6-7-12(18-11)19(15,16)14-8-4-5-9-17-2/h6-7,13-14H,3-5,8-10H2,1-2H3. The van der Waals surface area contributed by atoms with Gasteiger partial charge in [-0.25, -0.2) is 13.1 Å². The van der Waals surface area contributed by atoms with Gasteiger partial charge in [0.15, 0.2) is 0 Å². The van der Waals surface area contributed by atoms with Gasteiger partial charge in [-0.15, -0.1) is 0 Å². The first-order valence-corrected chi connectivity index (χ1v) is 7.86.